The summed E-state index contributed by atoms with van der Waals surface area (Å²) >= 11 is 0. The molecule has 3 rings (SSSR count). The van der Waals surface area contributed by atoms with Gasteiger partial charge >= 0.3 is 5.97 Å². The van der Waals surface area contributed by atoms with E-state index in [9.17, 15) is 9.59 Å². The molecule has 27 heavy (non-hydrogen) atoms. The zero-order valence-corrected chi connectivity index (χ0v) is 15.0. The predicted molar refractivity (Wildman–Crippen MR) is 98.5 cm³/mol. The Morgan fingerprint density at radius 1 is 0.963 bits per heavy atom. The largest absolute Gasteiger partial charge is 0.494 e. The third-order valence-electron chi connectivity index (χ3n) is 3.97. The second-order valence-corrected chi connectivity index (χ2v) is 6.06. The zero-order valence-electron chi connectivity index (χ0n) is 15.0. The van der Waals surface area contributed by atoms with Crippen molar-refractivity contribution in [3.8, 4) is 17.2 Å². The molecule has 1 heterocycles. The molecule has 1 aliphatic rings. The van der Waals surface area contributed by atoms with Crippen molar-refractivity contribution in [2.75, 3.05) is 26.4 Å². The SMILES string of the molecule is O=C(CCCOc1ccccc1)OCC(=O)c1ccc2c(c1)OCCCO2. The monoisotopic (exact) mass is 370 g/mol. The molecule has 0 bridgehead atoms. The molecule has 1 aliphatic heterocycles. The molecule has 0 fully saturated rings. The van der Waals surface area contributed by atoms with Gasteiger partial charge < -0.3 is 18.9 Å². The number of hydrogen-bond donors (Lipinski definition) is 0. The lowest BCUT2D eigenvalue weighted by Gasteiger charge is -2.09. The van der Waals surface area contributed by atoms with Gasteiger partial charge in [0.1, 0.15) is 5.75 Å². The van der Waals surface area contributed by atoms with E-state index in [0.29, 0.717) is 43.3 Å². The summed E-state index contributed by atoms with van der Waals surface area (Å²) in [5.74, 6) is 1.23. The van der Waals surface area contributed by atoms with Crippen LogP contribution in [0.4, 0.5) is 0 Å². The van der Waals surface area contributed by atoms with E-state index in [1.807, 2.05) is 30.3 Å². The summed E-state index contributed by atoms with van der Waals surface area (Å²) in [4.78, 5) is 24.0. The standard InChI is InChI=1S/C21H22O6/c22-18(16-9-10-19-20(14-16)26-13-5-12-25-19)15-27-21(23)8-4-11-24-17-6-2-1-3-7-17/h1-3,6-7,9-10,14H,4-5,8,11-13,15H2. The Hall–Kier alpha value is -3.02. The first-order valence-electron chi connectivity index (χ1n) is 8.99. The van der Waals surface area contributed by atoms with E-state index in [-0.39, 0.29) is 18.8 Å². The Morgan fingerprint density at radius 2 is 1.74 bits per heavy atom. The summed E-state index contributed by atoms with van der Waals surface area (Å²) in [5.41, 5.74) is 0.430. The third kappa shape index (κ3) is 5.74. The zero-order chi connectivity index (χ0) is 18.9. The van der Waals surface area contributed by atoms with Gasteiger partial charge in [-0.05, 0) is 36.8 Å². The highest BCUT2D eigenvalue weighted by atomic mass is 16.5. The minimum absolute atomic E-state index is 0.196. The highest BCUT2D eigenvalue weighted by Crippen LogP contribution is 2.30. The summed E-state index contributed by atoms with van der Waals surface area (Å²) in [5, 5.41) is 0. The van der Waals surface area contributed by atoms with Crippen LogP contribution in [0.1, 0.15) is 29.6 Å². The Labute approximate surface area is 158 Å². The highest BCUT2D eigenvalue weighted by Gasteiger charge is 2.15. The number of rotatable bonds is 8. The van der Waals surface area contributed by atoms with Gasteiger partial charge in [-0.25, -0.2) is 0 Å². The Bertz CT molecular complexity index is 771. The minimum atomic E-state index is -0.422. The fourth-order valence-electron chi connectivity index (χ4n) is 2.56. The van der Waals surface area contributed by atoms with Crippen molar-refractivity contribution in [2.24, 2.45) is 0 Å². The number of ether oxygens (including phenoxy) is 4. The molecule has 0 atom stereocenters. The first kappa shape index (κ1) is 18.8. The number of carbonyl (C=O) groups is 2. The van der Waals surface area contributed by atoms with E-state index >= 15 is 0 Å². The van der Waals surface area contributed by atoms with Crippen LogP contribution >= 0.6 is 0 Å². The molecule has 0 radical (unpaired) electrons. The summed E-state index contributed by atoms with van der Waals surface area (Å²) in [7, 11) is 0. The number of esters is 1. The van der Waals surface area contributed by atoms with Crippen LogP contribution in [-0.2, 0) is 9.53 Å². The average molecular weight is 370 g/mol. The molecule has 0 N–H and O–H groups in total. The van der Waals surface area contributed by atoms with E-state index in [2.05, 4.69) is 0 Å². The minimum Gasteiger partial charge on any atom is -0.494 e. The molecular weight excluding hydrogens is 348 g/mol. The van der Waals surface area contributed by atoms with Crippen LogP contribution < -0.4 is 14.2 Å². The van der Waals surface area contributed by atoms with Crippen LogP contribution in [-0.4, -0.2) is 38.2 Å². The lowest BCUT2D eigenvalue weighted by molar-refractivity contribution is -0.142. The van der Waals surface area contributed by atoms with Crippen molar-refractivity contribution in [1.29, 1.82) is 0 Å². The van der Waals surface area contributed by atoms with Crippen LogP contribution in [0.2, 0.25) is 0 Å². The van der Waals surface area contributed by atoms with Gasteiger partial charge in [0.25, 0.3) is 0 Å². The number of ketones is 1. The molecule has 6 nitrogen and oxygen atoms in total. The van der Waals surface area contributed by atoms with Gasteiger partial charge in [0.05, 0.1) is 19.8 Å². The molecule has 0 amide bonds. The Balaban J connectivity index is 1.39. The fraction of sp³-hybridized carbons (Fsp3) is 0.333. The average Bonchev–Trinajstić information content (AvgIpc) is 2.95. The van der Waals surface area contributed by atoms with Crippen LogP contribution in [0.3, 0.4) is 0 Å². The first-order valence-corrected chi connectivity index (χ1v) is 8.99. The van der Waals surface area contributed by atoms with Gasteiger partial charge in [-0.1, -0.05) is 18.2 Å². The third-order valence-corrected chi connectivity index (χ3v) is 3.97. The van der Waals surface area contributed by atoms with Crippen molar-refractivity contribution in [3.05, 3.63) is 54.1 Å². The Morgan fingerprint density at radius 3 is 2.56 bits per heavy atom. The van der Waals surface area contributed by atoms with Crippen molar-refractivity contribution in [3.63, 3.8) is 0 Å². The van der Waals surface area contributed by atoms with Crippen LogP contribution in [0.5, 0.6) is 17.2 Å². The van der Waals surface area contributed by atoms with Gasteiger partial charge in [0, 0.05) is 18.4 Å². The molecule has 6 heteroatoms. The van der Waals surface area contributed by atoms with Gasteiger partial charge in [-0.3, -0.25) is 9.59 Å². The molecule has 0 saturated carbocycles. The lowest BCUT2D eigenvalue weighted by Crippen LogP contribution is -2.15. The van der Waals surface area contributed by atoms with E-state index in [0.717, 1.165) is 12.2 Å². The number of benzene rings is 2. The number of Topliss-reactive ketones (excluding diaryl/α,β-unsaturated/α-hetero) is 1. The molecule has 0 saturated heterocycles. The second kappa shape index (κ2) is 9.62. The van der Waals surface area contributed by atoms with Crippen molar-refractivity contribution in [2.45, 2.75) is 19.3 Å². The molecule has 0 spiro atoms. The smallest absolute Gasteiger partial charge is 0.306 e. The maximum Gasteiger partial charge on any atom is 0.306 e. The van der Waals surface area contributed by atoms with E-state index in [1.54, 1.807) is 18.2 Å². The molecule has 0 aliphatic carbocycles. The number of hydrogen-bond acceptors (Lipinski definition) is 6. The summed E-state index contributed by atoms with van der Waals surface area (Å²) in [6, 6.07) is 14.4. The lowest BCUT2D eigenvalue weighted by atomic mass is 10.1. The van der Waals surface area contributed by atoms with Crippen LogP contribution in [0.15, 0.2) is 48.5 Å². The molecule has 142 valence electrons. The van der Waals surface area contributed by atoms with Gasteiger partial charge in [0.2, 0.25) is 0 Å². The van der Waals surface area contributed by atoms with Gasteiger partial charge in [-0.2, -0.15) is 0 Å². The predicted octanol–water partition coefficient (Wildman–Crippen LogP) is 3.43. The normalized spacial score (nSPS) is 12.7. The summed E-state index contributed by atoms with van der Waals surface area (Å²) in [6.45, 7) is 1.25. The maximum atomic E-state index is 12.2. The van der Waals surface area contributed by atoms with Crippen molar-refractivity contribution < 1.29 is 28.5 Å². The van der Waals surface area contributed by atoms with Crippen molar-refractivity contribution in [1.82, 2.24) is 0 Å². The first-order chi connectivity index (χ1) is 13.2. The molecular formula is C21H22O6. The molecule has 2 aromatic rings. The van der Waals surface area contributed by atoms with Crippen LogP contribution in [0, 0.1) is 0 Å². The molecule has 0 unspecified atom stereocenters. The number of carbonyl (C=O) groups excluding carboxylic acids is 2. The van der Waals surface area contributed by atoms with Crippen molar-refractivity contribution >= 4 is 11.8 Å². The quantitative estimate of drug-likeness (QED) is 0.403. The number of para-hydroxylation sites is 1. The van der Waals surface area contributed by atoms with E-state index < -0.39 is 5.97 Å². The molecule has 0 aromatic heterocycles. The van der Waals surface area contributed by atoms with E-state index in [4.69, 9.17) is 18.9 Å². The summed E-state index contributed by atoms with van der Waals surface area (Å²) in [6.07, 6.45) is 1.51. The van der Waals surface area contributed by atoms with Crippen LogP contribution in [0.25, 0.3) is 0 Å². The van der Waals surface area contributed by atoms with Gasteiger partial charge in [0.15, 0.2) is 23.9 Å². The second-order valence-electron chi connectivity index (χ2n) is 6.06. The summed E-state index contributed by atoms with van der Waals surface area (Å²) < 4.78 is 21.7. The Kier molecular flexibility index (Phi) is 6.68. The van der Waals surface area contributed by atoms with Gasteiger partial charge in [-0.15, -0.1) is 0 Å². The number of fused-ring (bicyclic) bond motifs is 1. The fourth-order valence-corrected chi connectivity index (χ4v) is 2.56. The maximum absolute atomic E-state index is 12.2. The topological polar surface area (TPSA) is 71.1 Å². The van der Waals surface area contributed by atoms with E-state index in [1.165, 1.54) is 0 Å². The highest BCUT2D eigenvalue weighted by molar-refractivity contribution is 5.98. The molecule has 2 aromatic carbocycles.